The second-order valence-corrected chi connectivity index (χ2v) is 5.86. The highest BCUT2D eigenvalue weighted by Gasteiger charge is 2.27. The minimum absolute atomic E-state index is 0.171. The van der Waals surface area contributed by atoms with E-state index in [2.05, 4.69) is 10.6 Å². The number of carbonyl (C=O) groups excluding carboxylic acids is 1. The Hall–Kier alpha value is -1.53. The molecule has 21 heavy (non-hydrogen) atoms. The van der Waals surface area contributed by atoms with Crippen LogP contribution in [0.2, 0.25) is 0 Å². The molecule has 0 saturated heterocycles. The number of anilines is 1. The number of fused-ring (bicyclic) bond motifs is 1. The quantitative estimate of drug-likeness (QED) is 0.573. The van der Waals surface area contributed by atoms with Gasteiger partial charge >= 0.3 is 13.1 Å². The normalized spacial score (nSPS) is 19.0. The fourth-order valence-electron chi connectivity index (χ4n) is 3.07. The molecule has 0 bridgehead atoms. The summed E-state index contributed by atoms with van der Waals surface area (Å²) in [6, 6.07) is 5.60. The van der Waals surface area contributed by atoms with Crippen LogP contribution in [0.5, 0.6) is 0 Å². The number of benzene rings is 1. The number of amides is 2. The van der Waals surface area contributed by atoms with Crippen LogP contribution in [0.25, 0.3) is 0 Å². The molecule has 0 radical (unpaired) electrons. The van der Waals surface area contributed by atoms with Gasteiger partial charge in [0.25, 0.3) is 0 Å². The molecule has 5 nitrogen and oxygen atoms in total. The summed E-state index contributed by atoms with van der Waals surface area (Å²) in [6.07, 6.45) is 7.03. The van der Waals surface area contributed by atoms with Gasteiger partial charge in [-0.3, -0.25) is 0 Å². The molecule has 1 aromatic rings. The number of hydrogen-bond acceptors (Lipinski definition) is 3. The van der Waals surface area contributed by atoms with Gasteiger partial charge in [0.2, 0.25) is 0 Å². The Balaban J connectivity index is 1.58. The number of hydrogen-bond donors (Lipinski definition) is 3. The van der Waals surface area contributed by atoms with E-state index >= 15 is 0 Å². The van der Waals surface area contributed by atoms with Crippen molar-refractivity contribution in [3.8, 4) is 0 Å². The van der Waals surface area contributed by atoms with Gasteiger partial charge < -0.3 is 20.3 Å². The lowest BCUT2D eigenvalue weighted by atomic mass is 9.79. The first kappa shape index (κ1) is 14.4. The zero-order valence-electron chi connectivity index (χ0n) is 12.1. The highest BCUT2D eigenvalue weighted by atomic mass is 16.5. The van der Waals surface area contributed by atoms with Gasteiger partial charge in [-0.05, 0) is 36.0 Å². The summed E-state index contributed by atoms with van der Waals surface area (Å²) in [7, 11) is -0.883. The minimum Gasteiger partial charge on any atom is -0.423 e. The molecule has 1 aliphatic carbocycles. The maximum Gasteiger partial charge on any atom is 0.491 e. The van der Waals surface area contributed by atoms with Crippen LogP contribution in [-0.2, 0) is 11.3 Å². The maximum atomic E-state index is 12.1. The molecule has 1 fully saturated rings. The van der Waals surface area contributed by atoms with Gasteiger partial charge in [-0.15, -0.1) is 0 Å². The average Bonchev–Trinajstić information content (AvgIpc) is 2.68. The number of carbonyl (C=O) groups is 1. The zero-order valence-corrected chi connectivity index (χ0v) is 12.1. The molecule has 0 aromatic heterocycles. The lowest BCUT2D eigenvalue weighted by Crippen LogP contribution is -2.38. The van der Waals surface area contributed by atoms with Crippen molar-refractivity contribution >= 4 is 24.3 Å². The molecule has 1 aromatic carbocycles. The summed E-state index contributed by atoms with van der Waals surface area (Å²) in [4.78, 5) is 12.1. The summed E-state index contributed by atoms with van der Waals surface area (Å²) in [5, 5.41) is 15.6. The smallest absolute Gasteiger partial charge is 0.423 e. The van der Waals surface area contributed by atoms with E-state index in [-0.39, 0.29) is 12.1 Å². The molecule has 3 rings (SSSR count). The van der Waals surface area contributed by atoms with Crippen LogP contribution in [0, 0.1) is 0 Å². The van der Waals surface area contributed by atoms with E-state index in [4.69, 9.17) is 4.65 Å². The number of rotatable bonds is 2. The van der Waals surface area contributed by atoms with Gasteiger partial charge in [-0.2, -0.15) is 0 Å². The van der Waals surface area contributed by atoms with Crippen LogP contribution in [0.4, 0.5) is 10.5 Å². The second-order valence-electron chi connectivity index (χ2n) is 5.86. The number of urea groups is 1. The highest BCUT2D eigenvalue weighted by Crippen LogP contribution is 2.18. The van der Waals surface area contributed by atoms with E-state index in [0.717, 1.165) is 23.9 Å². The van der Waals surface area contributed by atoms with Crippen molar-refractivity contribution in [1.29, 1.82) is 0 Å². The van der Waals surface area contributed by atoms with Crippen LogP contribution in [0.15, 0.2) is 18.2 Å². The SMILES string of the molecule is O=C(Nc1ccc2c(c1)B(O)OC2)NC1CCCCCC1. The highest BCUT2D eigenvalue weighted by molar-refractivity contribution is 6.61. The molecule has 1 heterocycles. The van der Waals surface area contributed by atoms with Crippen molar-refractivity contribution in [2.45, 2.75) is 51.2 Å². The maximum absolute atomic E-state index is 12.1. The fraction of sp³-hybridized carbons (Fsp3) is 0.533. The molecule has 2 amide bonds. The molecule has 3 N–H and O–H groups in total. The summed E-state index contributed by atoms with van der Waals surface area (Å²) in [6.45, 7) is 0.422. The minimum atomic E-state index is -0.883. The molecule has 1 saturated carbocycles. The predicted molar refractivity (Wildman–Crippen MR) is 82.5 cm³/mol. The third-order valence-electron chi connectivity index (χ3n) is 4.26. The first-order valence-electron chi connectivity index (χ1n) is 7.72. The molecule has 2 aliphatic rings. The lowest BCUT2D eigenvalue weighted by Gasteiger charge is -2.17. The van der Waals surface area contributed by atoms with Gasteiger partial charge in [-0.25, -0.2) is 4.79 Å². The monoisotopic (exact) mass is 288 g/mol. The molecule has 1 aliphatic heterocycles. The Morgan fingerprint density at radius 3 is 2.76 bits per heavy atom. The van der Waals surface area contributed by atoms with Gasteiger partial charge in [0, 0.05) is 11.7 Å². The first-order chi connectivity index (χ1) is 10.2. The van der Waals surface area contributed by atoms with E-state index in [1.54, 1.807) is 6.07 Å². The Bertz CT molecular complexity index is 516. The molecular formula is C15H21BN2O3. The molecular weight excluding hydrogens is 267 g/mol. The van der Waals surface area contributed by atoms with Crippen molar-refractivity contribution in [1.82, 2.24) is 5.32 Å². The largest absolute Gasteiger partial charge is 0.491 e. The Morgan fingerprint density at radius 1 is 1.24 bits per heavy atom. The molecule has 0 atom stereocenters. The van der Waals surface area contributed by atoms with E-state index in [1.165, 1.54) is 25.7 Å². The van der Waals surface area contributed by atoms with Crippen molar-refractivity contribution in [2.75, 3.05) is 5.32 Å². The van der Waals surface area contributed by atoms with Gasteiger partial charge in [0.05, 0.1) is 6.61 Å². The zero-order chi connectivity index (χ0) is 14.7. The predicted octanol–water partition coefficient (Wildman–Crippen LogP) is 1.75. The van der Waals surface area contributed by atoms with Crippen molar-refractivity contribution < 1.29 is 14.5 Å². The van der Waals surface area contributed by atoms with Crippen LogP contribution < -0.4 is 16.1 Å². The lowest BCUT2D eigenvalue weighted by molar-refractivity contribution is 0.247. The molecule has 0 spiro atoms. The third kappa shape index (κ3) is 3.57. The van der Waals surface area contributed by atoms with Crippen molar-refractivity contribution in [3.05, 3.63) is 23.8 Å². The van der Waals surface area contributed by atoms with Crippen LogP contribution >= 0.6 is 0 Å². The van der Waals surface area contributed by atoms with Crippen molar-refractivity contribution in [3.63, 3.8) is 0 Å². The molecule has 0 unspecified atom stereocenters. The van der Waals surface area contributed by atoms with Crippen LogP contribution in [0.1, 0.15) is 44.1 Å². The summed E-state index contributed by atoms with van der Waals surface area (Å²) in [5.74, 6) is 0. The number of nitrogens with one attached hydrogen (secondary N) is 2. The Morgan fingerprint density at radius 2 is 2.00 bits per heavy atom. The standard InChI is InChI=1S/C15H21BN2O3/c19-15(17-12-5-3-1-2-4-6-12)18-13-8-7-11-10-21-16(20)14(11)9-13/h7-9,12,20H,1-6,10H2,(H2,17,18,19). The van der Waals surface area contributed by atoms with Crippen LogP contribution in [0.3, 0.4) is 0 Å². The van der Waals surface area contributed by atoms with Gasteiger partial charge in [0.1, 0.15) is 0 Å². The summed E-state index contributed by atoms with van der Waals surface area (Å²) >= 11 is 0. The Kier molecular flexibility index (Phi) is 4.46. The van der Waals surface area contributed by atoms with Gasteiger partial charge in [0.15, 0.2) is 0 Å². The van der Waals surface area contributed by atoms with Crippen molar-refractivity contribution in [2.24, 2.45) is 0 Å². The van der Waals surface area contributed by atoms with E-state index in [9.17, 15) is 9.82 Å². The average molecular weight is 288 g/mol. The first-order valence-corrected chi connectivity index (χ1v) is 7.72. The second kappa shape index (κ2) is 6.49. The van der Waals surface area contributed by atoms with E-state index < -0.39 is 7.12 Å². The van der Waals surface area contributed by atoms with E-state index in [0.29, 0.717) is 12.3 Å². The topological polar surface area (TPSA) is 70.6 Å². The fourth-order valence-corrected chi connectivity index (χ4v) is 3.07. The molecule has 6 heteroatoms. The Labute approximate surface area is 125 Å². The van der Waals surface area contributed by atoms with Crippen LogP contribution in [-0.4, -0.2) is 24.2 Å². The van der Waals surface area contributed by atoms with E-state index in [1.807, 2.05) is 12.1 Å². The molecule has 112 valence electrons. The summed E-state index contributed by atoms with van der Waals surface area (Å²) < 4.78 is 5.15. The van der Waals surface area contributed by atoms with Gasteiger partial charge in [-0.1, -0.05) is 31.7 Å². The summed E-state index contributed by atoms with van der Waals surface area (Å²) in [5.41, 5.74) is 2.39. The third-order valence-corrected chi connectivity index (χ3v) is 4.26.